The lowest BCUT2D eigenvalue weighted by molar-refractivity contribution is 0.417. The lowest BCUT2D eigenvalue weighted by atomic mass is 10.2. The van der Waals surface area contributed by atoms with E-state index >= 15 is 0 Å². The van der Waals surface area contributed by atoms with Gasteiger partial charge < -0.3 is 15.0 Å². The summed E-state index contributed by atoms with van der Waals surface area (Å²) in [5.74, 6) is 2.24. The van der Waals surface area contributed by atoms with E-state index in [1.54, 1.807) is 13.2 Å². The van der Waals surface area contributed by atoms with Crippen molar-refractivity contribution in [3.63, 3.8) is 0 Å². The number of hydrogen-bond donors (Lipinski definition) is 1. The molecule has 0 saturated carbocycles. The van der Waals surface area contributed by atoms with Crippen LogP contribution in [0.4, 0.5) is 17.5 Å². The van der Waals surface area contributed by atoms with Gasteiger partial charge in [0.15, 0.2) is 0 Å². The number of hydrogen-bond acceptors (Lipinski definition) is 5. The number of benzene rings is 2. The Bertz CT molecular complexity index is 939. The van der Waals surface area contributed by atoms with Gasteiger partial charge >= 0.3 is 0 Å². The van der Waals surface area contributed by atoms with E-state index < -0.39 is 0 Å². The first-order valence-corrected chi connectivity index (χ1v) is 9.75. The van der Waals surface area contributed by atoms with E-state index in [1.807, 2.05) is 30.3 Å². The Kier molecular flexibility index (Phi) is 5.30. The minimum atomic E-state index is 0.550. The number of methoxy groups -OCH3 is 1. The van der Waals surface area contributed by atoms with E-state index in [9.17, 15) is 0 Å². The molecule has 1 saturated heterocycles. The van der Waals surface area contributed by atoms with Gasteiger partial charge in [0.25, 0.3) is 0 Å². The second-order valence-corrected chi connectivity index (χ2v) is 7.20. The van der Waals surface area contributed by atoms with Gasteiger partial charge in [-0.15, -0.1) is 0 Å². The summed E-state index contributed by atoms with van der Waals surface area (Å²) in [7, 11) is 1.64. The first-order valence-electron chi connectivity index (χ1n) is 9.37. The fourth-order valence-corrected chi connectivity index (χ4v) is 3.71. The molecule has 1 aliphatic heterocycles. The van der Waals surface area contributed by atoms with E-state index in [1.165, 1.54) is 25.7 Å². The monoisotopic (exact) mass is 382 g/mol. The molecule has 4 rings (SSSR count). The molecule has 0 unspecified atom stereocenters. The SMILES string of the molecule is COc1ccc(Cl)cc1Nc1nc(N2CCCCCC2)c2ccccc2n1. The van der Waals surface area contributed by atoms with Crippen LogP contribution < -0.4 is 15.0 Å². The van der Waals surface area contributed by atoms with Crippen molar-refractivity contribution in [3.05, 3.63) is 47.5 Å². The lowest BCUT2D eigenvalue weighted by Crippen LogP contribution is -2.25. The van der Waals surface area contributed by atoms with E-state index in [0.717, 1.165) is 35.5 Å². The van der Waals surface area contributed by atoms with Crippen molar-refractivity contribution in [2.45, 2.75) is 25.7 Å². The first kappa shape index (κ1) is 17.9. The van der Waals surface area contributed by atoms with Gasteiger partial charge in [0.2, 0.25) is 5.95 Å². The molecule has 1 aromatic heterocycles. The average molecular weight is 383 g/mol. The van der Waals surface area contributed by atoms with Crippen LogP contribution in [0.5, 0.6) is 5.75 Å². The van der Waals surface area contributed by atoms with Crippen molar-refractivity contribution in [2.24, 2.45) is 0 Å². The number of fused-ring (bicyclic) bond motifs is 1. The minimum Gasteiger partial charge on any atom is -0.495 e. The normalized spacial score (nSPS) is 14.8. The van der Waals surface area contributed by atoms with Gasteiger partial charge in [-0.3, -0.25) is 0 Å². The van der Waals surface area contributed by atoms with Crippen LogP contribution in [0.2, 0.25) is 5.02 Å². The minimum absolute atomic E-state index is 0.550. The molecule has 1 N–H and O–H groups in total. The maximum atomic E-state index is 6.16. The molecule has 6 heteroatoms. The fraction of sp³-hybridized carbons (Fsp3) is 0.333. The summed E-state index contributed by atoms with van der Waals surface area (Å²) in [5.41, 5.74) is 1.68. The molecule has 2 aromatic carbocycles. The van der Waals surface area contributed by atoms with Gasteiger partial charge in [-0.2, -0.15) is 4.98 Å². The smallest absolute Gasteiger partial charge is 0.229 e. The fourth-order valence-electron chi connectivity index (χ4n) is 3.54. The molecule has 2 heterocycles. The average Bonchev–Trinajstić information content (AvgIpc) is 2.97. The zero-order valence-electron chi connectivity index (χ0n) is 15.4. The maximum absolute atomic E-state index is 6.16. The van der Waals surface area contributed by atoms with Crippen LogP contribution in [0.25, 0.3) is 10.9 Å². The molecule has 0 amide bonds. The van der Waals surface area contributed by atoms with Crippen molar-refractivity contribution >= 4 is 40.0 Å². The largest absolute Gasteiger partial charge is 0.495 e. The molecule has 0 radical (unpaired) electrons. The Morgan fingerprint density at radius 1 is 1.00 bits per heavy atom. The van der Waals surface area contributed by atoms with Crippen LogP contribution in [0.3, 0.4) is 0 Å². The van der Waals surface area contributed by atoms with E-state index in [-0.39, 0.29) is 0 Å². The van der Waals surface area contributed by atoms with E-state index in [0.29, 0.717) is 16.7 Å². The topological polar surface area (TPSA) is 50.3 Å². The Labute approximate surface area is 164 Å². The molecule has 27 heavy (non-hydrogen) atoms. The number of nitrogens with one attached hydrogen (secondary N) is 1. The summed E-state index contributed by atoms with van der Waals surface area (Å²) in [4.78, 5) is 12.0. The van der Waals surface area contributed by atoms with Crippen LogP contribution in [0, 0.1) is 0 Å². The number of rotatable bonds is 4. The molecule has 140 valence electrons. The summed E-state index contributed by atoms with van der Waals surface area (Å²) >= 11 is 6.16. The summed E-state index contributed by atoms with van der Waals surface area (Å²) in [6, 6.07) is 13.6. The molecular weight excluding hydrogens is 360 g/mol. The maximum Gasteiger partial charge on any atom is 0.229 e. The van der Waals surface area contributed by atoms with Crippen LogP contribution in [0.1, 0.15) is 25.7 Å². The van der Waals surface area contributed by atoms with Gasteiger partial charge in [0, 0.05) is 23.5 Å². The highest BCUT2D eigenvalue weighted by atomic mass is 35.5. The van der Waals surface area contributed by atoms with Gasteiger partial charge in [0.05, 0.1) is 18.3 Å². The van der Waals surface area contributed by atoms with Crippen molar-refractivity contribution < 1.29 is 4.74 Å². The Morgan fingerprint density at radius 2 is 1.78 bits per heavy atom. The van der Waals surface area contributed by atoms with Crippen LogP contribution in [-0.4, -0.2) is 30.2 Å². The molecule has 0 bridgehead atoms. The van der Waals surface area contributed by atoms with Gasteiger partial charge in [-0.25, -0.2) is 4.98 Å². The van der Waals surface area contributed by atoms with Gasteiger partial charge in [-0.1, -0.05) is 36.6 Å². The molecule has 1 fully saturated rings. The Morgan fingerprint density at radius 3 is 2.56 bits per heavy atom. The molecule has 0 aliphatic carbocycles. The number of ether oxygens (including phenoxy) is 1. The standard InChI is InChI=1S/C21H23ClN4O/c1-27-19-11-10-15(22)14-18(19)24-21-23-17-9-5-4-8-16(17)20(25-21)26-12-6-2-3-7-13-26/h4-5,8-11,14H,2-3,6-7,12-13H2,1H3,(H,23,24,25). The summed E-state index contributed by atoms with van der Waals surface area (Å²) in [5, 5.41) is 5.01. The van der Waals surface area contributed by atoms with Crippen LogP contribution >= 0.6 is 11.6 Å². The number of para-hydroxylation sites is 1. The first-order chi connectivity index (χ1) is 13.2. The molecule has 0 atom stereocenters. The number of anilines is 3. The highest BCUT2D eigenvalue weighted by Gasteiger charge is 2.17. The summed E-state index contributed by atoms with van der Waals surface area (Å²) in [6.45, 7) is 2.06. The Hall–Kier alpha value is -2.53. The van der Waals surface area contributed by atoms with Crippen molar-refractivity contribution in [2.75, 3.05) is 30.4 Å². The van der Waals surface area contributed by atoms with E-state index in [2.05, 4.69) is 16.3 Å². The van der Waals surface area contributed by atoms with Crippen molar-refractivity contribution in [1.82, 2.24) is 9.97 Å². The highest BCUT2D eigenvalue weighted by Crippen LogP contribution is 2.32. The zero-order chi connectivity index (χ0) is 18.6. The molecule has 3 aromatic rings. The third-order valence-electron chi connectivity index (χ3n) is 4.90. The third kappa shape index (κ3) is 3.93. The highest BCUT2D eigenvalue weighted by molar-refractivity contribution is 6.31. The van der Waals surface area contributed by atoms with Crippen molar-refractivity contribution in [1.29, 1.82) is 0 Å². The lowest BCUT2D eigenvalue weighted by Gasteiger charge is -2.23. The van der Waals surface area contributed by atoms with Crippen molar-refractivity contribution in [3.8, 4) is 5.75 Å². The van der Waals surface area contributed by atoms with Gasteiger partial charge in [0.1, 0.15) is 11.6 Å². The zero-order valence-corrected chi connectivity index (χ0v) is 16.2. The predicted octanol–water partition coefficient (Wildman–Crippen LogP) is 5.42. The number of halogens is 1. The summed E-state index contributed by atoms with van der Waals surface area (Å²) in [6.07, 6.45) is 4.96. The van der Waals surface area contributed by atoms with E-state index in [4.69, 9.17) is 26.3 Å². The number of aromatic nitrogens is 2. The second kappa shape index (κ2) is 8.01. The molecule has 0 spiro atoms. The van der Waals surface area contributed by atoms with Crippen LogP contribution in [0.15, 0.2) is 42.5 Å². The third-order valence-corrected chi connectivity index (χ3v) is 5.13. The number of nitrogens with zero attached hydrogens (tertiary/aromatic N) is 3. The van der Waals surface area contributed by atoms with Gasteiger partial charge in [-0.05, 0) is 43.2 Å². The second-order valence-electron chi connectivity index (χ2n) is 6.76. The molecule has 5 nitrogen and oxygen atoms in total. The van der Waals surface area contributed by atoms with Crippen LogP contribution in [-0.2, 0) is 0 Å². The molecule has 1 aliphatic rings. The summed E-state index contributed by atoms with van der Waals surface area (Å²) < 4.78 is 5.44. The quantitative estimate of drug-likeness (QED) is 0.653. The molecular formula is C21H23ClN4O. The Balaban J connectivity index is 1.76. The predicted molar refractivity (Wildman–Crippen MR) is 112 cm³/mol.